The Hall–Kier alpha value is -0.870. The lowest BCUT2D eigenvalue weighted by molar-refractivity contribution is 0.0694. The van der Waals surface area contributed by atoms with Gasteiger partial charge < -0.3 is 9.84 Å². The molecule has 3 nitrogen and oxygen atoms in total. The molecule has 0 amide bonds. The summed E-state index contributed by atoms with van der Waals surface area (Å²) in [5, 5.41) is 9.00. The molecule has 2 unspecified atom stereocenters. The predicted molar refractivity (Wildman–Crippen MR) is 56.9 cm³/mol. The molecule has 1 aromatic carbocycles. The molecule has 4 heteroatoms. The number of hydrogen-bond donors (Lipinski definition) is 1. The second kappa shape index (κ2) is 3.06. The van der Waals surface area contributed by atoms with Crippen LogP contribution in [0.5, 0.6) is 0 Å². The summed E-state index contributed by atoms with van der Waals surface area (Å²) in [5.74, 6) is -0.896. The first-order valence-corrected chi connectivity index (χ1v) is 5.68. The van der Waals surface area contributed by atoms with Crippen LogP contribution in [0.3, 0.4) is 0 Å². The number of carboxylic acid groups (broad SMARTS) is 1. The first-order valence-electron chi connectivity index (χ1n) is 4.89. The summed E-state index contributed by atoms with van der Waals surface area (Å²) in [6, 6.07) is 3.63. The summed E-state index contributed by atoms with van der Waals surface area (Å²) in [6.07, 6.45) is 2.37. The van der Waals surface area contributed by atoms with Gasteiger partial charge in [0.05, 0.1) is 17.8 Å². The van der Waals surface area contributed by atoms with Crippen molar-refractivity contribution in [1.29, 1.82) is 0 Å². The molecule has 78 valence electrons. The Morgan fingerprint density at radius 2 is 1.93 bits per heavy atom. The van der Waals surface area contributed by atoms with Crippen LogP contribution in [0.4, 0.5) is 0 Å². The van der Waals surface area contributed by atoms with E-state index in [-0.39, 0.29) is 12.2 Å². The fourth-order valence-electron chi connectivity index (χ4n) is 2.42. The molecule has 0 radical (unpaired) electrons. The summed E-state index contributed by atoms with van der Waals surface area (Å²) in [6.45, 7) is 0. The van der Waals surface area contributed by atoms with E-state index in [1.807, 2.05) is 6.07 Å². The lowest BCUT2D eigenvalue weighted by Crippen LogP contribution is -2.04. The normalized spacial score (nSPS) is 26.7. The number of rotatable bonds is 1. The van der Waals surface area contributed by atoms with Gasteiger partial charge in [-0.2, -0.15) is 0 Å². The van der Waals surface area contributed by atoms with Gasteiger partial charge >= 0.3 is 5.97 Å². The van der Waals surface area contributed by atoms with Crippen molar-refractivity contribution in [2.24, 2.45) is 0 Å². The van der Waals surface area contributed by atoms with Crippen LogP contribution >= 0.6 is 15.9 Å². The van der Waals surface area contributed by atoms with Crippen LogP contribution < -0.4 is 0 Å². The van der Waals surface area contributed by atoms with Crippen molar-refractivity contribution in [3.8, 4) is 0 Å². The number of hydrogen-bond acceptors (Lipinski definition) is 2. The second-order valence-electron chi connectivity index (χ2n) is 3.96. The van der Waals surface area contributed by atoms with Crippen molar-refractivity contribution in [3.05, 3.63) is 33.3 Å². The number of carbonyl (C=O) groups is 1. The average Bonchev–Trinajstić information content (AvgIpc) is 2.76. The first kappa shape index (κ1) is 9.36. The van der Waals surface area contributed by atoms with Crippen LogP contribution in [0.15, 0.2) is 16.6 Å². The number of benzene rings is 1. The molecule has 1 aromatic rings. The molecular weight excluding hydrogens is 260 g/mol. The monoisotopic (exact) mass is 268 g/mol. The molecule has 2 aliphatic rings. The zero-order valence-electron chi connectivity index (χ0n) is 7.87. The highest BCUT2D eigenvalue weighted by molar-refractivity contribution is 9.10. The van der Waals surface area contributed by atoms with E-state index in [4.69, 9.17) is 9.84 Å². The van der Waals surface area contributed by atoms with Gasteiger partial charge in [-0.15, -0.1) is 0 Å². The summed E-state index contributed by atoms with van der Waals surface area (Å²) < 4.78 is 6.36. The number of ether oxygens (including phenoxy) is 1. The summed E-state index contributed by atoms with van der Waals surface area (Å²) >= 11 is 3.29. The quantitative estimate of drug-likeness (QED) is 0.852. The van der Waals surface area contributed by atoms with Crippen molar-refractivity contribution in [2.75, 3.05) is 0 Å². The standard InChI is InChI=1S/C11H9BrO3/c12-8-4-6-5(3-7(8)11(13)14)9-1-2-10(6)15-9/h3-4,9-10H,1-2H2,(H,13,14). The number of aromatic carboxylic acids is 1. The molecule has 2 heterocycles. The molecule has 1 N–H and O–H groups in total. The lowest BCUT2D eigenvalue weighted by atomic mass is 9.90. The fraction of sp³-hybridized carbons (Fsp3) is 0.364. The van der Waals surface area contributed by atoms with Gasteiger partial charge in [0.25, 0.3) is 0 Å². The van der Waals surface area contributed by atoms with E-state index >= 15 is 0 Å². The molecule has 0 aromatic heterocycles. The minimum atomic E-state index is -0.896. The van der Waals surface area contributed by atoms with Crippen LogP contribution in [0.1, 0.15) is 46.5 Å². The number of fused-ring (bicyclic) bond motifs is 5. The molecule has 3 rings (SSSR count). The maximum Gasteiger partial charge on any atom is 0.336 e. The number of carboxylic acids is 1. The molecule has 0 aliphatic carbocycles. The van der Waals surface area contributed by atoms with E-state index in [9.17, 15) is 4.79 Å². The Balaban J connectivity index is 2.18. The maximum atomic E-state index is 11.0. The van der Waals surface area contributed by atoms with E-state index in [1.165, 1.54) is 0 Å². The summed E-state index contributed by atoms with van der Waals surface area (Å²) in [5.41, 5.74) is 2.54. The molecule has 1 fully saturated rings. The molecule has 0 saturated carbocycles. The number of halogens is 1. The van der Waals surface area contributed by atoms with Gasteiger partial charge in [0.1, 0.15) is 0 Å². The SMILES string of the molecule is O=C(O)c1cc2c(cc1Br)C1CCC2O1. The molecule has 0 spiro atoms. The van der Waals surface area contributed by atoms with Crippen molar-refractivity contribution >= 4 is 21.9 Å². The molecule has 1 saturated heterocycles. The topological polar surface area (TPSA) is 46.5 Å². The van der Waals surface area contributed by atoms with Gasteiger partial charge in [0.2, 0.25) is 0 Å². The third kappa shape index (κ3) is 1.25. The molecule has 15 heavy (non-hydrogen) atoms. The van der Waals surface area contributed by atoms with Crippen LogP contribution in [0.25, 0.3) is 0 Å². The van der Waals surface area contributed by atoms with Crippen molar-refractivity contribution in [3.63, 3.8) is 0 Å². The average molecular weight is 269 g/mol. The van der Waals surface area contributed by atoms with Gasteiger partial charge in [-0.05, 0) is 52.0 Å². The second-order valence-corrected chi connectivity index (χ2v) is 4.81. The molecular formula is C11H9BrO3. The molecule has 2 bridgehead atoms. The molecule has 2 atom stereocenters. The van der Waals surface area contributed by atoms with Crippen LogP contribution in [0, 0.1) is 0 Å². The Bertz CT molecular complexity index is 455. The van der Waals surface area contributed by atoms with Gasteiger partial charge in [0.15, 0.2) is 0 Å². The van der Waals surface area contributed by atoms with E-state index in [0.29, 0.717) is 10.0 Å². The van der Waals surface area contributed by atoms with E-state index in [2.05, 4.69) is 15.9 Å². The summed E-state index contributed by atoms with van der Waals surface area (Å²) in [7, 11) is 0. The smallest absolute Gasteiger partial charge is 0.336 e. The zero-order valence-corrected chi connectivity index (χ0v) is 9.45. The van der Waals surface area contributed by atoms with E-state index < -0.39 is 5.97 Å². The minimum absolute atomic E-state index is 0.121. The Morgan fingerprint density at radius 3 is 2.53 bits per heavy atom. The van der Waals surface area contributed by atoms with Crippen molar-refractivity contribution in [2.45, 2.75) is 25.0 Å². The fourth-order valence-corrected chi connectivity index (χ4v) is 2.95. The van der Waals surface area contributed by atoms with E-state index in [0.717, 1.165) is 24.0 Å². The highest BCUT2D eigenvalue weighted by atomic mass is 79.9. The molecule has 2 aliphatic heterocycles. The van der Waals surface area contributed by atoms with Crippen molar-refractivity contribution < 1.29 is 14.6 Å². The maximum absolute atomic E-state index is 11.0. The largest absolute Gasteiger partial charge is 0.478 e. The predicted octanol–water partition coefficient (Wildman–Crippen LogP) is 3.05. The zero-order chi connectivity index (χ0) is 10.6. The van der Waals surface area contributed by atoms with Gasteiger partial charge in [-0.25, -0.2) is 4.79 Å². The highest BCUT2D eigenvalue weighted by Gasteiger charge is 2.38. The van der Waals surface area contributed by atoms with Gasteiger partial charge in [0, 0.05) is 4.47 Å². The first-order chi connectivity index (χ1) is 7.16. The Morgan fingerprint density at radius 1 is 1.33 bits per heavy atom. The van der Waals surface area contributed by atoms with Crippen LogP contribution in [0.2, 0.25) is 0 Å². The third-order valence-electron chi connectivity index (χ3n) is 3.12. The van der Waals surface area contributed by atoms with Gasteiger partial charge in [-0.1, -0.05) is 0 Å². The Labute approximate surface area is 95.2 Å². The van der Waals surface area contributed by atoms with E-state index in [1.54, 1.807) is 6.07 Å². The minimum Gasteiger partial charge on any atom is -0.478 e. The third-order valence-corrected chi connectivity index (χ3v) is 3.77. The lowest BCUT2D eigenvalue weighted by Gasteiger charge is -2.12. The van der Waals surface area contributed by atoms with Crippen molar-refractivity contribution in [1.82, 2.24) is 0 Å². The Kier molecular flexibility index (Phi) is 1.91. The van der Waals surface area contributed by atoms with Gasteiger partial charge in [-0.3, -0.25) is 0 Å². The highest BCUT2D eigenvalue weighted by Crippen LogP contribution is 2.51. The van der Waals surface area contributed by atoms with Crippen LogP contribution in [-0.2, 0) is 4.74 Å². The van der Waals surface area contributed by atoms with Crippen LogP contribution in [-0.4, -0.2) is 11.1 Å². The summed E-state index contributed by atoms with van der Waals surface area (Å²) in [4.78, 5) is 11.0.